The zero-order chi connectivity index (χ0) is 23.2. The van der Waals surface area contributed by atoms with E-state index in [2.05, 4.69) is 18.7 Å². The van der Waals surface area contributed by atoms with Gasteiger partial charge in [0.05, 0.1) is 12.2 Å². The number of ether oxygens (including phenoxy) is 3. The Bertz CT molecular complexity index is 1040. The van der Waals surface area contributed by atoms with E-state index in [1.54, 1.807) is 12.1 Å². The second-order valence-corrected chi connectivity index (χ2v) is 9.84. The van der Waals surface area contributed by atoms with Crippen molar-refractivity contribution in [3.8, 4) is 17.2 Å². The van der Waals surface area contributed by atoms with E-state index < -0.39 is 11.6 Å². The number of nitrogens with zero attached hydrogens (tertiary/aromatic N) is 1. The predicted molar refractivity (Wildman–Crippen MR) is 122 cm³/mol. The molecule has 2 N–H and O–H groups in total. The molecule has 2 saturated heterocycles. The lowest BCUT2D eigenvalue weighted by molar-refractivity contribution is -0.190. The number of benzene rings is 2. The van der Waals surface area contributed by atoms with Gasteiger partial charge in [0.1, 0.15) is 22.8 Å². The van der Waals surface area contributed by atoms with Crippen LogP contribution in [0.3, 0.4) is 0 Å². The molecular weight excluding hydrogens is 422 g/mol. The Morgan fingerprint density at radius 3 is 2.88 bits per heavy atom. The minimum absolute atomic E-state index is 0.0586. The number of hydrogen-bond acceptors (Lipinski definition) is 6. The number of rotatable bonds is 5. The Labute approximate surface area is 193 Å². The molecule has 3 aliphatic heterocycles. The molecule has 0 radical (unpaired) electrons. The first-order valence-corrected chi connectivity index (χ1v) is 11.7. The van der Waals surface area contributed by atoms with Crippen molar-refractivity contribution in [1.29, 1.82) is 0 Å². The second kappa shape index (κ2) is 8.54. The number of fused-ring (bicyclic) bond motifs is 4. The van der Waals surface area contributed by atoms with Crippen LogP contribution in [0, 0.1) is 5.92 Å². The van der Waals surface area contributed by atoms with Crippen LogP contribution in [0.1, 0.15) is 50.3 Å². The van der Waals surface area contributed by atoms with Crippen LogP contribution in [0.25, 0.3) is 0 Å². The SMILES string of the molecule is CC1(C)Oc2cc(O)ccc2[C@H]2O[C@H]3CCCN(Cc4ccccc4OCC(=O)O)[C@H]3C[C@@H]21. The number of hydrogen-bond donors (Lipinski definition) is 2. The summed E-state index contributed by atoms with van der Waals surface area (Å²) in [5.41, 5.74) is 1.57. The molecule has 3 aliphatic rings. The Morgan fingerprint density at radius 2 is 2.06 bits per heavy atom. The highest BCUT2D eigenvalue weighted by Crippen LogP contribution is 2.53. The summed E-state index contributed by atoms with van der Waals surface area (Å²) in [6.07, 6.45) is 3.05. The third kappa shape index (κ3) is 4.27. The average Bonchev–Trinajstić information content (AvgIpc) is 2.77. The van der Waals surface area contributed by atoms with Gasteiger partial charge in [-0.3, -0.25) is 4.90 Å². The van der Waals surface area contributed by atoms with Gasteiger partial charge in [0.15, 0.2) is 6.61 Å². The highest BCUT2D eigenvalue weighted by molar-refractivity contribution is 5.68. The first kappa shape index (κ1) is 22.0. The van der Waals surface area contributed by atoms with Crippen LogP contribution >= 0.6 is 0 Å². The van der Waals surface area contributed by atoms with Crippen molar-refractivity contribution in [3.05, 3.63) is 53.6 Å². The van der Waals surface area contributed by atoms with Gasteiger partial charge in [-0.15, -0.1) is 0 Å². The topological polar surface area (TPSA) is 88.5 Å². The molecule has 4 atom stereocenters. The molecule has 33 heavy (non-hydrogen) atoms. The molecule has 0 spiro atoms. The average molecular weight is 454 g/mol. The zero-order valence-electron chi connectivity index (χ0n) is 19.1. The van der Waals surface area contributed by atoms with Crippen LogP contribution in [-0.4, -0.2) is 52.0 Å². The van der Waals surface area contributed by atoms with Crippen LogP contribution in [0.5, 0.6) is 17.2 Å². The van der Waals surface area contributed by atoms with Gasteiger partial charge in [-0.25, -0.2) is 4.79 Å². The maximum absolute atomic E-state index is 11.0. The molecule has 176 valence electrons. The van der Waals surface area contributed by atoms with E-state index in [0.29, 0.717) is 18.0 Å². The monoisotopic (exact) mass is 453 g/mol. The van der Waals surface area contributed by atoms with Gasteiger partial charge in [0.2, 0.25) is 0 Å². The number of piperidine rings is 1. The number of carboxylic acid groups (broad SMARTS) is 1. The van der Waals surface area contributed by atoms with E-state index >= 15 is 0 Å². The molecular formula is C26H31NO6. The number of phenols is 1. The number of aromatic hydroxyl groups is 1. The number of likely N-dealkylation sites (tertiary alicyclic amines) is 1. The van der Waals surface area contributed by atoms with Gasteiger partial charge in [0, 0.05) is 35.7 Å². The molecule has 0 bridgehead atoms. The standard InChI is InChI=1S/C26H31NO6/c1-26(2)19-13-20-22(32-25(19)18-10-9-17(28)12-23(18)33-26)8-5-11-27(20)14-16-6-3-4-7-21(16)31-15-24(29)30/h3-4,6-7,9-10,12,19-20,22,25,28H,5,8,11,13-15H2,1-2H3,(H,29,30)/t19-,20-,22-,25+/m0/s1. The smallest absolute Gasteiger partial charge is 0.341 e. The maximum atomic E-state index is 11.0. The number of para-hydroxylation sites is 1. The summed E-state index contributed by atoms with van der Waals surface area (Å²) >= 11 is 0. The Kier molecular flexibility index (Phi) is 5.70. The van der Waals surface area contributed by atoms with Crippen LogP contribution in [0.2, 0.25) is 0 Å². The third-order valence-corrected chi connectivity index (χ3v) is 7.28. The van der Waals surface area contributed by atoms with Crippen LogP contribution in [0.4, 0.5) is 0 Å². The van der Waals surface area contributed by atoms with Gasteiger partial charge >= 0.3 is 5.97 Å². The van der Waals surface area contributed by atoms with Crippen LogP contribution in [-0.2, 0) is 16.1 Å². The molecule has 0 aliphatic carbocycles. The Hall–Kier alpha value is -2.77. The highest BCUT2D eigenvalue weighted by Gasteiger charge is 2.52. The van der Waals surface area contributed by atoms with Crippen molar-refractivity contribution in [2.24, 2.45) is 5.92 Å². The molecule has 2 aromatic rings. The van der Waals surface area contributed by atoms with Crippen molar-refractivity contribution >= 4 is 5.97 Å². The molecule has 0 saturated carbocycles. The molecule has 0 aromatic heterocycles. The molecule has 5 rings (SSSR count). The lowest BCUT2D eigenvalue weighted by atomic mass is 9.72. The van der Waals surface area contributed by atoms with E-state index in [1.165, 1.54) is 0 Å². The fraction of sp³-hybridized carbons (Fsp3) is 0.500. The van der Waals surface area contributed by atoms with Crippen molar-refractivity contribution in [1.82, 2.24) is 4.90 Å². The molecule has 7 nitrogen and oxygen atoms in total. The predicted octanol–water partition coefficient (Wildman–Crippen LogP) is 4.14. The molecule has 0 unspecified atom stereocenters. The van der Waals surface area contributed by atoms with Crippen LogP contribution in [0.15, 0.2) is 42.5 Å². The van der Waals surface area contributed by atoms with Crippen molar-refractivity contribution < 1.29 is 29.2 Å². The Morgan fingerprint density at radius 1 is 1.24 bits per heavy atom. The van der Waals surface area contributed by atoms with Gasteiger partial charge in [0.25, 0.3) is 0 Å². The maximum Gasteiger partial charge on any atom is 0.341 e. The van der Waals surface area contributed by atoms with Gasteiger partial charge in [-0.1, -0.05) is 18.2 Å². The molecule has 2 fully saturated rings. The van der Waals surface area contributed by atoms with E-state index in [0.717, 1.165) is 36.9 Å². The summed E-state index contributed by atoms with van der Waals surface area (Å²) in [4.78, 5) is 13.4. The number of aliphatic carboxylic acids is 1. The van der Waals surface area contributed by atoms with Crippen molar-refractivity contribution in [2.45, 2.75) is 63.5 Å². The van der Waals surface area contributed by atoms with Gasteiger partial charge < -0.3 is 24.4 Å². The summed E-state index contributed by atoms with van der Waals surface area (Å²) in [6, 6.07) is 13.2. The normalized spacial score (nSPS) is 28.1. The van der Waals surface area contributed by atoms with Crippen LogP contribution < -0.4 is 9.47 Å². The first-order valence-electron chi connectivity index (χ1n) is 11.7. The molecule has 7 heteroatoms. The lowest BCUT2D eigenvalue weighted by Gasteiger charge is -2.54. The van der Waals surface area contributed by atoms with E-state index in [9.17, 15) is 9.90 Å². The fourth-order valence-corrected chi connectivity index (χ4v) is 5.69. The summed E-state index contributed by atoms with van der Waals surface area (Å²) in [5.74, 6) is 0.713. The second-order valence-electron chi connectivity index (χ2n) is 9.84. The molecule has 2 aromatic carbocycles. The summed E-state index contributed by atoms with van der Waals surface area (Å²) < 4.78 is 18.6. The Balaban J connectivity index is 1.39. The van der Waals surface area contributed by atoms with Gasteiger partial charge in [-0.05, 0) is 57.9 Å². The van der Waals surface area contributed by atoms with Crippen molar-refractivity contribution in [2.75, 3.05) is 13.2 Å². The van der Waals surface area contributed by atoms with Crippen molar-refractivity contribution in [3.63, 3.8) is 0 Å². The summed E-state index contributed by atoms with van der Waals surface area (Å²) in [5, 5.41) is 18.9. The number of carboxylic acids is 1. The first-order chi connectivity index (χ1) is 15.8. The number of carbonyl (C=O) groups is 1. The largest absolute Gasteiger partial charge is 0.508 e. The van der Waals surface area contributed by atoms with E-state index in [-0.39, 0.29) is 36.5 Å². The zero-order valence-corrected chi connectivity index (χ0v) is 19.1. The summed E-state index contributed by atoms with van der Waals surface area (Å²) in [6.45, 7) is 5.49. The summed E-state index contributed by atoms with van der Waals surface area (Å²) in [7, 11) is 0. The minimum atomic E-state index is -0.984. The highest BCUT2D eigenvalue weighted by atomic mass is 16.5. The third-order valence-electron chi connectivity index (χ3n) is 7.28. The molecule has 0 amide bonds. The van der Waals surface area contributed by atoms with E-state index in [1.807, 2.05) is 30.3 Å². The van der Waals surface area contributed by atoms with E-state index in [4.69, 9.17) is 19.3 Å². The molecule has 3 heterocycles. The minimum Gasteiger partial charge on any atom is -0.508 e. The lowest BCUT2D eigenvalue weighted by Crippen LogP contribution is -2.58. The van der Waals surface area contributed by atoms with Gasteiger partial charge in [-0.2, -0.15) is 0 Å². The quantitative estimate of drug-likeness (QED) is 0.703. The fourth-order valence-electron chi connectivity index (χ4n) is 5.69. The number of phenolic OH excluding ortho intramolecular Hbond substituents is 1.